The van der Waals surface area contributed by atoms with Gasteiger partial charge >= 0.3 is 0 Å². The van der Waals surface area contributed by atoms with E-state index >= 15 is 0 Å². The summed E-state index contributed by atoms with van der Waals surface area (Å²) in [4.78, 5) is 27.0. The molecule has 3 aromatic rings. The van der Waals surface area contributed by atoms with E-state index in [1.165, 1.54) is 55.6 Å². The summed E-state index contributed by atoms with van der Waals surface area (Å²) in [6, 6.07) is 15.7. The number of ketones is 1. The number of carbonyl (C=O) groups excluding carboxylic acids is 2. The predicted molar refractivity (Wildman–Crippen MR) is 111 cm³/mol. The van der Waals surface area contributed by atoms with Crippen LogP contribution in [0.25, 0.3) is 5.76 Å². The van der Waals surface area contributed by atoms with Crippen LogP contribution >= 0.6 is 0 Å². The third-order valence-electron chi connectivity index (χ3n) is 5.06. The molecule has 3 aromatic carbocycles. The lowest BCUT2D eigenvalue weighted by molar-refractivity contribution is -0.132. The largest absolute Gasteiger partial charge is 0.507 e. The molecule has 1 amide bonds. The number of aliphatic hydroxyl groups excluding tert-OH is 1. The molecule has 1 N–H and O–H groups in total. The molecule has 1 fully saturated rings. The number of hydrogen-bond donors (Lipinski definition) is 1. The summed E-state index contributed by atoms with van der Waals surface area (Å²) in [6.07, 6.45) is 0. The number of hydrogen-bond acceptors (Lipinski definition) is 4. The summed E-state index contributed by atoms with van der Waals surface area (Å²) in [5, 5.41) is 11.0. The predicted octanol–water partition coefficient (Wildman–Crippen LogP) is 4.60. The van der Waals surface area contributed by atoms with Crippen molar-refractivity contribution < 1.29 is 28.2 Å². The summed E-state index contributed by atoms with van der Waals surface area (Å²) in [6.45, 7) is 0. The number of ether oxygens (including phenoxy) is 1. The number of Topliss-reactive ketones (excluding diaryl/α,β-unsaturated/α-hetero) is 1. The molecule has 0 radical (unpaired) electrons. The van der Waals surface area contributed by atoms with Gasteiger partial charge in [0.2, 0.25) is 0 Å². The van der Waals surface area contributed by atoms with Crippen molar-refractivity contribution >= 4 is 23.1 Å². The Hall–Kier alpha value is -4.00. The number of halogens is 2. The molecule has 1 unspecified atom stereocenters. The lowest BCUT2D eigenvalue weighted by atomic mass is 9.95. The Bertz CT molecular complexity index is 1200. The third kappa shape index (κ3) is 3.66. The van der Waals surface area contributed by atoms with Gasteiger partial charge in [-0.15, -0.1) is 0 Å². The van der Waals surface area contributed by atoms with Crippen molar-refractivity contribution in [1.29, 1.82) is 0 Å². The molecule has 1 atom stereocenters. The van der Waals surface area contributed by atoms with Crippen LogP contribution in [0.4, 0.5) is 14.5 Å². The second-order valence-corrected chi connectivity index (χ2v) is 6.93. The average molecular weight is 421 g/mol. The minimum Gasteiger partial charge on any atom is -0.507 e. The second-order valence-electron chi connectivity index (χ2n) is 6.93. The number of carbonyl (C=O) groups is 2. The highest BCUT2D eigenvalue weighted by Crippen LogP contribution is 2.42. The Morgan fingerprint density at radius 2 is 1.65 bits per heavy atom. The molecule has 156 valence electrons. The van der Waals surface area contributed by atoms with Gasteiger partial charge in [0.25, 0.3) is 11.7 Å². The number of anilines is 1. The fraction of sp³-hybridized carbons (Fsp3) is 0.0833. The van der Waals surface area contributed by atoms with Crippen LogP contribution in [-0.2, 0) is 9.59 Å². The number of methoxy groups -OCH3 is 1. The maximum Gasteiger partial charge on any atom is 0.300 e. The van der Waals surface area contributed by atoms with Crippen LogP contribution in [-0.4, -0.2) is 23.9 Å². The third-order valence-corrected chi connectivity index (χ3v) is 5.06. The van der Waals surface area contributed by atoms with Crippen LogP contribution in [0.5, 0.6) is 5.75 Å². The van der Waals surface area contributed by atoms with Gasteiger partial charge in [0.15, 0.2) is 0 Å². The Balaban J connectivity index is 1.95. The first kappa shape index (κ1) is 20.3. The van der Waals surface area contributed by atoms with E-state index in [-0.39, 0.29) is 16.8 Å². The molecule has 1 saturated heterocycles. The number of aliphatic hydroxyl groups is 1. The topological polar surface area (TPSA) is 66.8 Å². The van der Waals surface area contributed by atoms with Crippen LogP contribution < -0.4 is 9.64 Å². The first-order valence-corrected chi connectivity index (χ1v) is 9.37. The van der Waals surface area contributed by atoms with E-state index in [1.807, 2.05) is 0 Å². The molecule has 0 saturated carbocycles. The summed E-state index contributed by atoms with van der Waals surface area (Å²) >= 11 is 0. The van der Waals surface area contributed by atoms with Gasteiger partial charge in [-0.3, -0.25) is 14.5 Å². The molecular formula is C24H17F2NO4. The highest BCUT2D eigenvalue weighted by molar-refractivity contribution is 6.51. The molecule has 0 aromatic heterocycles. The lowest BCUT2D eigenvalue weighted by Gasteiger charge is -2.25. The molecule has 5 nitrogen and oxygen atoms in total. The number of nitrogens with zero attached hydrogens (tertiary/aromatic N) is 1. The van der Waals surface area contributed by atoms with E-state index in [4.69, 9.17) is 4.74 Å². The first-order chi connectivity index (χ1) is 14.9. The standard InChI is InChI=1S/C24H17F2NO4/c1-31-19-7-2-4-15(12-19)22(28)20-21(14-8-10-16(25)11-9-14)27(24(30)23(20)29)18-6-3-5-17(26)13-18/h2-13,21,28H,1H3/b22-20+. The molecule has 0 aliphatic carbocycles. The van der Waals surface area contributed by atoms with Crippen molar-refractivity contribution in [2.45, 2.75) is 6.04 Å². The average Bonchev–Trinajstić information content (AvgIpc) is 3.04. The molecule has 1 aliphatic rings. The van der Waals surface area contributed by atoms with Gasteiger partial charge < -0.3 is 9.84 Å². The van der Waals surface area contributed by atoms with Crippen LogP contribution in [0.1, 0.15) is 17.2 Å². The molecule has 0 bridgehead atoms. The Morgan fingerprint density at radius 3 is 2.32 bits per heavy atom. The van der Waals surface area contributed by atoms with E-state index in [2.05, 4.69) is 0 Å². The molecule has 1 aliphatic heterocycles. The molecule has 7 heteroatoms. The van der Waals surface area contributed by atoms with Crippen LogP contribution in [0.15, 0.2) is 78.4 Å². The molecule has 0 spiro atoms. The second kappa shape index (κ2) is 8.02. The van der Waals surface area contributed by atoms with E-state index in [9.17, 15) is 23.5 Å². The van der Waals surface area contributed by atoms with Crippen LogP contribution in [0, 0.1) is 11.6 Å². The fourth-order valence-corrected chi connectivity index (χ4v) is 3.61. The molecule has 1 heterocycles. The summed E-state index contributed by atoms with van der Waals surface area (Å²) in [5.74, 6) is -2.92. The van der Waals surface area contributed by atoms with Gasteiger partial charge in [-0.05, 0) is 48.0 Å². The summed E-state index contributed by atoms with van der Waals surface area (Å²) < 4.78 is 32.6. The van der Waals surface area contributed by atoms with Gasteiger partial charge in [-0.1, -0.05) is 30.3 Å². The minimum absolute atomic E-state index is 0.140. The van der Waals surface area contributed by atoms with Crippen LogP contribution in [0.2, 0.25) is 0 Å². The van der Waals surface area contributed by atoms with Crippen molar-refractivity contribution in [2.24, 2.45) is 0 Å². The quantitative estimate of drug-likeness (QED) is 0.380. The zero-order chi connectivity index (χ0) is 22.1. The smallest absolute Gasteiger partial charge is 0.300 e. The van der Waals surface area contributed by atoms with Crippen molar-refractivity contribution in [2.75, 3.05) is 12.0 Å². The highest BCUT2D eigenvalue weighted by Gasteiger charge is 2.47. The zero-order valence-corrected chi connectivity index (χ0v) is 16.4. The molecular weight excluding hydrogens is 404 g/mol. The van der Waals surface area contributed by atoms with E-state index < -0.39 is 35.1 Å². The number of amides is 1. The SMILES string of the molecule is COc1cccc(/C(O)=C2\C(=O)C(=O)N(c3cccc(F)c3)C2c2ccc(F)cc2)c1. The van der Waals surface area contributed by atoms with Gasteiger partial charge in [0, 0.05) is 11.3 Å². The maximum absolute atomic E-state index is 13.9. The van der Waals surface area contributed by atoms with Crippen molar-refractivity contribution in [3.8, 4) is 5.75 Å². The van der Waals surface area contributed by atoms with E-state index in [0.717, 1.165) is 11.0 Å². The maximum atomic E-state index is 13.9. The van der Waals surface area contributed by atoms with Crippen molar-refractivity contribution in [1.82, 2.24) is 0 Å². The fourth-order valence-electron chi connectivity index (χ4n) is 3.61. The van der Waals surface area contributed by atoms with E-state index in [1.54, 1.807) is 18.2 Å². The van der Waals surface area contributed by atoms with Gasteiger partial charge in [0.1, 0.15) is 23.1 Å². The summed E-state index contributed by atoms with van der Waals surface area (Å²) in [7, 11) is 1.46. The Morgan fingerprint density at radius 1 is 0.935 bits per heavy atom. The Kier molecular flexibility index (Phi) is 5.25. The Labute approximate surface area is 176 Å². The normalized spacial score (nSPS) is 17.8. The molecule has 31 heavy (non-hydrogen) atoms. The van der Waals surface area contributed by atoms with Gasteiger partial charge in [-0.25, -0.2) is 8.78 Å². The highest BCUT2D eigenvalue weighted by atomic mass is 19.1. The lowest BCUT2D eigenvalue weighted by Crippen LogP contribution is -2.29. The van der Waals surface area contributed by atoms with Crippen LogP contribution in [0.3, 0.4) is 0 Å². The first-order valence-electron chi connectivity index (χ1n) is 9.37. The van der Waals surface area contributed by atoms with Gasteiger partial charge in [-0.2, -0.15) is 0 Å². The number of benzene rings is 3. The van der Waals surface area contributed by atoms with Gasteiger partial charge in [0.05, 0.1) is 18.7 Å². The zero-order valence-electron chi connectivity index (χ0n) is 16.4. The summed E-state index contributed by atoms with van der Waals surface area (Å²) in [5.41, 5.74) is 0.605. The van der Waals surface area contributed by atoms with Crippen molar-refractivity contribution in [3.05, 3.63) is 101 Å². The monoisotopic (exact) mass is 421 g/mol. The minimum atomic E-state index is -1.08. The van der Waals surface area contributed by atoms with E-state index in [0.29, 0.717) is 11.3 Å². The number of rotatable bonds is 4. The van der Waals surface area contributed by atoms with Crippen molar-refractivity contribution in [3.63, 3.8) is 0 Å². The molecule has 4 rings (SSSR count).